The van der Waals surface area contributed by atoms with E-state index >= 15 is 4.39 Å². The molecule has 1 aliphatic rings. The van der Waals surface area contributed by atoms with Crippen LogP contribution in [0.5, 0.6) is 0 Å². The van der Waals surface area contributed by atoms with Crippen molar-refractivity contribution in [1.29, 1.82) is 0 Å². The van der Waals surface area contributed by atoms with Gasteiger partial charge in [0.1, 0.15) is 17.5 Å². The van der Waals surface area contributed by atoms with Crippen molar-refractivity contribution in [3.8, 4) is 22.3 Å². The molecule has 0 aromatic heterocycles. The van der Waals surface area contributed by atoms with Crippen molar-refractivity contribution in [2.45, 2.75) is 58.0 Å². The summed E-state index contributed by atoms with van der Waals surface area (Å²) in [6.45, 7) is 2.17. The molecule has 3 aromatic rings. The molecule has 33 heavy (non-hydrogen) atoms. The number of unbranched alkanes of at least 4 members (excludes halogenated alkanes) is 4. The maximum absolute atomic E-state index is 15.4. The maximum atomic E-state index is 15.4. The van der Waals surface area contributed by atoms with E-state index in [1.165, 1.54) is 25.3 Å². The first kappa shape index (κ1) is 23.4. The van der Waals surface area contributed by atoms with Crippen LogP contribution >= 0.6 is 0 Å². The summed E-state index contributed by atoms with van der Waals surface area (Å²) >= 11 is 0. The SMILES string of the molecule is CCCCCCCc1ccc2c(c1)Cc1c-2cc(F)c(-c2ccc(C(F)(F)F)c(F)c2)c1F. The van der Waals surface area contributed by atoms with Crippen molar-refractivity contribution in [1.82, 2.24) is 0 Å². The van der Waals surface area contributed by atoms with Gasteiger partial charge in [0.15, 0.2) is 0 Å². The Bertz CT molecular complexity index is 1180. The summed E-state index contributed by atoms with van der Waals surface area (Å²) in [7, 11) is 0. The fourth-order valence-electron chi connectivity index (χ4n) is 4.57. The second-order valence-corrected chi connectivity index (χ2v) is 8.60. The number of hydrogen-bond acceptors (Lipinski definition) is 0. The molecule has 0 saturated carbocycles. The molecule has 0 N–H and O–H groups in total. The van der Waals surface area contributed by atoms with Crippen LogP contribution in [0.1, 0.15) is 61.3 Å². The number of aryl methyl sites for hydroxylation is 1. The molecule has 0 spiro atoms. The van der Waals surface area contributed by atoms with Crippen LogP contribution in [0.25, 0.3) is 22.3 Å². The standard InChI is InChI=1S/C27H24F6/c1-2-3-4-5-6-7-16-8-10-19-18(12-16)13-21-20(19)15-24(29)25(26(21)30)17-9-11-22(23(28)14-17)27(31,32)33/h8-12,14-15H,2-7,13H2,1H3. The maximum Gasteiger partial charge on any atom is 0.419 e. The van der Waals surface area contributed by atoms with Crippen LogP contribution in [-0.4, -0.2) is 0 Å². The van der Waals surface area contributed by atoms with Crippen LogP contribution in [0.4, 0.5) is 26.3 Å². The molecular weight excluding hydrogens is 438 g/mol. The molecule has 1 aliphatic carbocycles. The summed E-state index contributed by atoms with van der Waals surface area (Å²) in [6.07, 6.45) is 2.11. The third kappa shape index (κ3) is 4.66. The van der Waals surface area contributed by atoms with E-state index in [1.807, 2.05) is 18.2 Å². The molecule has 0 bridgehead atoms. The largest absolute Gasteiger partial charge is 0.419 e. The molecule has 174 valence electrons. The monoisotopic (exact) mass is 462 g/mol. The molecule has 6 heteroatoms. The predicted molar refractivity (Wildman–Crippen MR) is 117 cm³/mol. The van der Waals surface area contributed by atoms with Crippen molar-refractivity contribution >= 4 is 0 Å². The highest BCUT2D eigenvalue weighted by atomic mass is 19.4. The topological polar surface area (TPSA) is 0 Å². The number of halogens is 6. The number of alkyl halides is 3. The molecule has 4 rings (SSSR count). The lowest BCUT2D eigenvalue weighted by Crippen LogP contribution is -2.08. The van der Waals surface area contributed by atoms with Gasteiger partial charge >= 0.3 is 6.18 Å². The van der Waals surface area contributed by atoms with E-state index in [0.29, 0.717) is 17.7 Å². The Kier molecular flexibility index (Phi) is 6.55. The van der Waals surface area contributed by atoms with Crippen LogP contribution in [0, 0.1) is 17.5 Å². The second kappa shape index (κ2) is 9.24. The molecule has 0 unspecified atom stereocenters. The summed E-state index contributed by atoms with van der Waals surface area (Å²) in [5.74, 6) is -3.36. The zero-order valence-corrected chi connectivity index (χ0v) is 18.3. The molecule has 0 heterocycles. The Morgan fingerprint density at radius 2 is 1.55 bits per heavy atom. The zero-order chi connectivity index (χ0) is 23.8. The number of benzene rings is 3. The molecular formula is C27H24F6. The first-order valence-corrected chi connectivity index (χ1v) is 11.2. The summed E-state index contributed by atoms with van der Waals surface area (Å²) in [5.41, 5.74) is 1.26. The first-order valence-electron chi connectivity index (χ1n) is 11.2. The first-order chi connectivity index (χ1) is 15.7. The van der Waals surface area contributed by atoms with Gasteiger partial charge in [0.05, 0.1) is 11.1 Å². The van der Waals surface area contributed by atoms with Gasteiger partial charge in [-0.05, 0) is 58.9 Å². The highest BCUT2D eigenvalue weighted by Crippen LogP contribution is 2.43. The average Bonchev–Trinajstić information content (AvgIpc) is 3.11. The Morgan fingerprint density at radius 3 is 2.24 bits per heavy atom. The number of fused-ring (bicyclic) bond motifs is 3. The smallest absolute Gasteiger partial charge is 0.206 e. The fraction of sp³-hybridized carbons (Fsp3) is 0.333. The second-order valence-electron chi connectivity index (χ2n) is 8.60. The Hall–Kier alpha value is -2.76. The lowest BCUT2D eigenvalue weighted by molar-refractivity contribution is -0.139. The molecule has 3 aromatic carbocycles. The van der Waals surface area contributed by atoms with Gasteiger partial charge in [0.25, 0.3) is 0 Å². The fourth-order valence-corrected chi connectivity index (χ4v) is 4.57. The Labute approximate surface area is 189 Å². The highest BCUT2D eigenvalue weighted by molar-refractivity contribution is 5.81. The molecule has 0 saturated heterocycles. The summed E-state index contributed by atoms with van der Waals surface area (Å²) in [6, 6.07) is 9.01. The van der Waals surface area contributed by atoms with Gasteiger partial charge in [0, 0.05) is 12.0 Å². The average molecular weight is 462 g/mol. The van der Waals surface area contributed by atoms with Crippen molar-refractivity contribution in [3.05, 3.63) is 82.2 Å². The minimum atomic E-state index is -4.88. The number of hydrogen-bond donors (Lipinski definition) is 0. The van der Waals surface area contributed by atoms with Crippen LogP contribution in [-0.2, 0) is 19.0 Å². The lowest BCUT2D eigenvalue weighted by Gasteiger charge is -2.13. The van der Waals surface area contributed by atoms with E-state index in [0.717, 1.165) is 42.0 Å². The van der Waals surface area contributed by atoms with Gasteiger partial charge in [-0.1, -0.05) is 56.9 Å². The highest BCUT2D eigenvalue weighted by Gasteiger charge is 2.34. The van der Waals surface area contributed by atoms with Gasteiger partial charge in [0.2, 0.25) is 0 Å². The normalized spacial score (nSPS) is 12.7. The molecule has 0 radical (unpaired) electrons. The van der Waals surface area contributed by atoms with E-state index in [1.54, 1.807) is 0 Å². The van der Waals surface area contributed by atoms with Crippen LogP contribution in [0.15, 0.2) is 42.5 Å². The molecule has 0 amide bonds. The van der Waals surface area contributed by atoms with Crippen LogP contribution in [0.3, 0.4) is 0 Å². The summed E-state index contributed by atoms with van der Waals surface area (Å²) in [4.78, 5) is 0. The van der Waals surface area contributed by atoms with Gasteiger partial charge < -0.3 is 0 Å². The van der Waals surface area contributed by atoms with Crippen molar-refractivity contribution in [2.75, 3.05) is 0 Å². The van der Waals surface area contributed by atoms with E-state index in [4.69, 9.17) is 0 Å². The van der Waals surface area contributed by atoms with Gasteiger partial charge in [-0.3, -0.25) is 0 Å². The van der Waals surface area contributed by atoms with Crippen molar-refractivity contribution in [3.63, 3.8) is 0 Å². The number of rotatable bonds is 7. The van der Waals surface area contributed by atoms with E-state index in [2.05, 4.69) is 6.92 Å². The van der Waals surface area contributed by atoms with Gasteiger partial charge in [-0.15, -0.1) is 0 Å². The molecule has 0 atom stereocenters. The minimum absolute atomic E-state index is 0.260. The summed E-state index contributed by atoms with van der Waals surface area (Å²) < 4.78 is 82.9. The lowest BCUT2D eigenvalue weighted by atomic mass is 9.96. The third-order valence-corrected chi connectivity index (χ3v) is 6.28. The molecule has 0 fully saturated rings. The van der Waals surface area contributed by atoms with E-state index in [9.17, 15) is 22.0 Å². The quantitative estimate of drug-likeness (QED) is 0.190. The van der Waals surface area contributed by atoms with Gasteiger partial charge in [-0.2, -0.15) is 13.2 Å². The zero-order valence-electron chi connectivity index (χ0n) is 18.3. The third-order valence-electron chi connectivity index (χ3n) is 6.28. The van der Waals surface area contributed by atoms with Crippen LogP contribution in [0.2, 0.25) is 0 Å². The van der Waals surface area contributed by atoms with E-state index < -0.39 is 34.8 Å². The molecule has 0 nitrogen and oxygen atoms in total. The molecule has 0 aliphatic heterocycles. The van der Waals surface area contributed by atoms with Crippen molar-refractivity contribution < 1.29 is 26.3 Å². The van der Waals surface area contributed by atoms with E-state index in [-0.39, 0.29) is 17.5 Å². The Morgan fingerprint density at radius 1 is 0.788 bits per heavy atom. The minimum Gasteiger partial charge on any atom is -0.206 e. The predicted octanol–water partition coefficient (Wildman–Crippen LogP) is 8.87. The summed E-state index contributed by atoms with van der Waals surface area (Å²) in [5, 5.41) is 0. The van der Waals surface area contributed by atoms with Crippen LogP contribution < -0.4 is 0 Å². The van der Waals surface area contributed by atoms with Crippen molar-refractivity contribution in [2.24, 2.45) is 0 Å². The Balaban J connectivity index is 1.62. The van der Waals surface area contributed by atoms with Gasteiger partial charge in [-0.25, -0.2) is 13.2 Å².